The van der Waals surface area contributed by atoms with Gasteiger partial charge >= 0.3 is 0 Å². The van der Waals surface area contributed by atoms with E-state index in [0.717, 1.165) is 0 Å². The first-order chi connectivity index (χ1) is 9.38. The molecule has 0 radical (unpaired) electrons. The van der Waals surface area contributed by atoms with Gasteiger partial charge < -0.3 is 5.73 Å². The Bertz CT molecular complexity index is 685. The van der Waals surface area contributed by atoms with Crippen LogP contribution in [-0.4, -0.2) is 24.2 Å². The monoisotopic (exact) mass is 358 g/mol. The summed E-state index contributed by atoms with van der Waals surface area (Å²) in [6.45, 7) is 2.24. The van der Waals surface area contributed by atoms with E-state index in [-0.39, 0.29) is 10.9 Å². The van der Waals surface area contributed by atoms with Crippen molar-refractivity contribution < 1.29 is 8.42 Å². The van der Waals surface area contributed by atoms with Crippen molar-refractivity contribution in [2.24, 2.45) is 0 Å². The maximum atomic E-state index is 12.2. The fourth-order valence-electron chi connectivity index (χ4n) is 1.73. The summed E-state index contributed by atoms with van der Waals surface area (Å²) in [7, 11) is -3.58. The number of aromatic nitrogens is 2. The number of nitrogens with one attached hydrogen (secondary N) is 1. The van der Waals surface area contributed by atoms with Crippen LogP contribution in [-0.2, 0) is 16.6 Å². The molecule has 8 heteroatoms. The van der Waals surface area contributed by atoms with Crippen LogP contribution < -0.4 is 10.5 Å². The van der Waals surface area contributed by atoms with E-state index in [1.807, 2.05) is 0 Å². The van der Waals surface area contributed by atoms with Gasteiger partial charge in [-0.05, 0) is 47.1 Å². The SMILES string of the molecule is CC(Cn1cccn1)NS(=O)(=O)c1ccc(N)c(Br)c1. The second-order valence-corrected chi connectivity index (χ2v) is 7.00. The van der Waals surface area contributed by atoms with Crippen LogP contribution in [0.15, 0.2) is 46.0 Å². The molecule has 1 heterocycles. The van der Waals surface area contributed by atoms with Crippen LogP contribution in [0.5, 0.6) is 0 Å². The van der Waals surface area contributed by atoms with Crippen LogP contribution in [0.1, 0.15) is 6.92 Å². The van der Waals surface area contributed by atoms with E-state index in [1.54, 1.807) is 36.1 Å². The minimum Gasteiger partial charge on any atom is -0.398 e. The molecule has 0 amide bonds. The van der Waals surface area contributed by atoms with Gasteiger partial charge in [-0.25, -0.2) is 13.1 Å². The molecule has 1 atom stereocenters. The highest BCUT2D eigenvalue weighted by Gasteiger charge is 2.18. The molecule has 20 heavy (non-hydrogen) atoms. The molecule has 6 nitrogen and oxygen atoms in total. The molecule has 0 saturated carbocycles. The third-order valence-corrected chi connectivity index (χ3v) is 4.93. The first kappa shape index (κ1) is 15.0. The number of halogens is 1. The highest BCUT2D eigenvalue weighted by atomic mass is 79.9. The van der Waals surface area contributed by atoms with Crippen LogP contribution in [0.25, 0.3) is 0 Å². The predicted octanol–water partition coefficient (Wildman–Crippen LogP) is 1.59. The molecule has 0 aliphatic heterocycles. The number of benzene rings is 1. The Labute approximate surface area is 126 Å². The Morgan fingerprint density at radius 2 is 2.25 bits per heavy atom. The molecule has 0 fully saturated rings. The second-order valence-electron chi connectivity index (χ2n) is 4.43. The number of hydrogen-bond acceptors (Lipinski definition) is 4. The Balaban J connectivity index is 2.12. The number of anilines is 1. The molecule has 0 aliphatic rings. The Hall–Kier alpha value is -1.38. The van der Waals surface area contributed by atoms with Crippen molar-refractivity contribution in [3.63, 3.8) is 0 Å². The first-order valence-corrected chi connectivity index (χ1v) is 8.21. The highest BCUT2D eigenvalue weighted by Crippen LogP contribution is 2.23. The number of sulfonamides is 1. The van der Waals surface area contributed by atoms with Crippen molar-refractivity contribution in [3.8, 4) is 0 Å². The lowest BCUT2D eigenvalue weighted by Gasteiger charge is -2.14. The lowest BCUT2D eigenvalue weighted by molar-refractivity contribution is 0.494. The number of hydrogen-bond donors (Lipinski definition) is 2. The fourth-order valence-corrected chi connectivity index (χ4v) is 3.53. The van der Waals surface area contributed by atoms with Crippen molar-refractivity contribution in [1.82, 2.24) is 14.5 Å². The summed E-state index contributed by atoms with van der Waals surface area (Å²) in [5.41, 5.74) is 6.14. The van der Waals surface area contributed by atoms with E-state index >= 15 is 0 Å². The van der Waals surface area contributed by atoms with Crippen molar-refractivity contribution in [2.45, 2.75) is 24.4 Å². The quantitative estimate of drug-likeness (QED) is 0.794. The number of rotatable bonds is 5. The summed E-state index contributed by atoms with van der Waals surface area (Å²) in [6, 6.07) is 6.02. The Kier molecular flexibility index (Phi) is 4.46. The van der Waals surface area contributed by atoms with Gasteiger partial charge in [-0.2, -0.15) is 5.10 Å². The molecule has 0 saturated heterocycles. The molecule has 108 valence electrons. The van der Waals surface area contributed by atoms with Gasteiger partial charge in [0.15, 0.2) is 0 Å². The van der Waals surface area contributed by atoms with Gasteiger partial charge in [-0.15, -0.1) is 0 Å². The summed E-state index contributed by atoms with van der Waals surface area (Å²) < 4.78 is 29.3. The van der Waals surface area contributed by atoms with E-state index in [1.165, 1.54) is 12.1 Å². The molecule has 1 unspecified atom stereocenters. The average molecular weight is 359 g/mol. The van der Waals surface area contributed by atoms with Crippen LogP contribution >= 0.6 is 15.9 Å². The molecular weight excluding hydrogens is 344 g/mol. The van der Waals surface area contributed by atoms with Gasteiger partial charge in [0.1, 0.15) is 0 Å². The molecule has 2 aromatic rings. The smallest absolute Gasteiger partial charge is 0.240 e. The minimum absolute atomic E-state index is 0.172. The molecule has 0 aliphatic carbocycles. The summed E-state index contributed by atoms with van der Waals surface area (Å²) in [5.74, 6) is 0. The maximum absolute atomic E-state index is 12.2. The minimum atomic E-state index is -3.58. The van der Waals surface area contributed by atoms with Gasteiger partial charge in [-0.1, -0.05) is 0 Å². The zero-order valence-corrected chi connectivity index (χ0v) is 13.2. The zero-order chi connectivity index (χ0) is 14.8. The van der Waals surface area contributed by atoms with Gasteiger partial charge in [-0.3, -0.25) is 4.68 Å². The fraction of sp³-hybridized carbons (Fsp3) is 0.250. The van der Waals surface area contributed by atoms with Crippen LogP contribution in [0, 0.1) is 0 Å². The summed E-state index contributed by atoms with van der Waals surface area (Å²) in [4.78, 5) is 0.172. The zero-order valence-electron chi connectivity index (χ0n) is 10.8. The summed E-state index contributed by atoms with van der Waals surface area (Å²) >= 11 is 3.22. The molecule has 2 rings (SSSR count). The van der Waals surface area contributed by atoms with Crippen LogP contribution in [0.4, 0.5) is 5.69 Å². The molecule has 0 bridgehead atoms. The number of nitrogen functional groups attached to an aromatic ring is 1. The molecular formula is C12H15BrN4O2S. The van der Waals surface area contributed by atoms with Gasteiger partial charge in [0.25, 0.3) is 0 Å². The van der Waals surface area contributed by atoms with Gasteiger partial charge in [0.2, 0.25) is 10.0 Å². The normalized spacial score (nSPS) is 13.3. The molecule has 1 aromatic carbocycles. The summed E-state index contributed by atoms with van der Waals surface area (Å²) in [5, 5.41) is 4.04. The topological polar surface area (TPSA) is 90.0 Å². The molecule has 3 N–H and O–H groups in total. The lowest BCUT2D eigenvalue weighted by atomic mass is 10.3. The van der Waals surface area contributed by atoms with Gasteiger partial charge in [0.05, 0.1) is 11.4 Å². The molecule has 0 spiro atoms. The van der Waals surface area contributed by atoms with Crippen molar-refractivity contribution in [2.75, 3.05) is 5.73 Å². The number of nitrogens with two attached hydrogens (primary N) is 1. The largest absolute Gasteiger partial charge is 0.398 e. The van der Waals surface area contributed by atoms with E-state index in [2.05, 4.69) is 25.8 Å². The lowest BCUT2D eigenvalue weighted by Crippen LogP contribution is -2.35. The van der Waals surface area contributed by atoms with Crippen molar-refractivity contribution >= 4 is 31.6 Å². The Morgan fingerprint density at radius 1 is 1.50 bits per heavy atom. The van der Waals surface area contributed by atoms with Gasteiger partial charge in [0, 0.05) is 28.6 Å². The number of nitrogens with zero attached hydrogens (tertiary/aromatic N) is 2. The predicted molar refractivity (Wildman–Crippen MR) is 80.6 cm³/mol. The van der Waals surface area contributed by atoms with E-state index in [9.17, 15) is 8.42 Å². The van der Waals surface area contributed by atoms with Crippen molar-refractivity contribution in [3.05, 3.63) is 41.1 Å². The van der Waals surface area contributed by atoms with Crippen LogP contribution in [0.2, 0.25) is 0 Å². The Morgan fingerprint density at radius 3 is 2.85 bits per heavy atom. The highest BCUT2D eigenvalue weighted by molar-refractivity contribution is 9.10. The average Bonchev–Trinajstić information content (AvgIpc) is 2.84. The first-order valence-electron chi connectivity index (χ1n) is 5.93. The molecule has 1 aromatic heterocycles. The third kappa shape index (κ3) is 3.59. The van der Waals surface area contributed by atoms with Crippen LogP contribution in [0.3, 0.4) is 0 Å². The van der Waals surface area contributed by atoms with E-state index < -0.39 is 10.0 Å². The van der Waals surface area contributed by atoms with E-state index in [0.29, 0.717) is 16.7 Å². The van der Waals surface area contributed by atoms with E-state index in [4.69, 9.17) is 5.73 Å². The standard InChI is InChI=1S/C12H15BrN4O2S/c1-9(8-17-6-2-5-15-17)16-20(18,19)10-3-4-12(14)11(13)7-10/h2-7,9,16H,8,14H2,1H3. The maximum Gasteiger partial charge on any atom is 0.240 e. The second kappa shape index (κ2) is 5.94. The third-order valence-electron chi connectivity index (χ3n) is 2.66. The summed E-state index contributed by atoms with van der Waals surface area (Å²) in [6.07, 6.45) is 3.43. The van der Waals surface area contributed by atoms with Crippen molar-refractivity contribution in [1.29, 1.82) is 0 Å².